The maximum absolute atomic E-state index is 12.5. The summed E-state index contributed by atoms with van der Waals surface area (Å²) in [6.45, 7) is 9.32. The van der Waals surface area contributed by atoms with Gasteiger partial charge in [0, 0.05) is 39.1 Å². The maximum atomic E-state index is 12.5. The monoisotopic (exact) mass is 364 g/mol. The van der Waals surface area contributed by atoms with E-state index in [4.69, 9.17) is 4.74 Å². The summed E-state index contributed by atoms with van der Waals surface area (Å²) in [5.41, 5.74) is 0. The van der Waals surface area contributed by atoms with Gasteiger partial charge >= 0.3 is 0 Å². The van der Waals surface area contributed by atoms with Crippen molar-refractivity contribution in [1.29, 1.82) is 0 Å². The van der Waals surface area contributed by atoms with E-state index in [2.05, 4.69) is 38.5 Å². The van der Waals surface area contributed by atoms with Crippen LogP contribution in [0.15, 0.2) is 0 Å². The molecule has 0 radical (unpaired) electrons. The van der Waals surface area contributed by atoms with Crippen molar-refractivity contribution >= 4 is 5.91 Å². The third-order valence-electron chi connectivity index (χ3n) is 5.55. The molecular formula is C18H32N6O2. The Morgan fingerprint density at radius 2 is 2.04 bits per heavy atom. The smallest absolute Gasteiger partial charge is 0.236 e. The molecule has 2 fully saturated rings. The fraction of sp³-hybridized carbons (Fsp3) is 0.833. The first-order valence-corrected chi connectivity index (χ1v) is 9.73. The maximum Gasteiger partial charge on any atom is 0.236 e. The van der Waals surface area contributed by atoms with Gasteiger partial charge in [-0.1, -0.05) is 6.92 Å². The fourth-order valence-electron chi connectivity index (χ4n) is 3.68. The lowest BCUT2D eigenvalue weighted by Gasteiger charge is -2.33. The van der Waals surface area contributed by atoms with Gasteiger partial charge in [0.05, 0.1) is 26.3 Å². The molecule has 0 saturated carbocycles. The topological polar surface area (TPSA) is 66.7 Å². The summed E-state index contributed by atoms with van der Waals surface area (Å²) in [7, 11) is 4.04. The Kier molecular flexibility index (Phi) is 6.61. The normalized spacial score (nSPS) is 22.2. The number of hydrogen-bond donors (Lipinski definition) is 0. The summed E-state index contributed by atoms with van der Waals surface area (Å²) in [4.78, 5) is 18.9. The molecule has 8 heteroatoms. The van der Waals surface area contributed by atoms with Crippen molar-refractivity contribution in [1.82, 2.24) is 29.5 Å². The number of hydrogen-bond acceptors (Lipinski definition) is 6. The summed E-state index contributed by atoms with van der Waals surface area (Å²) in [6, 6.07) is 0. The van der Waals surface area contributed by atoms with Crippen LogP contribution in [-0.2, 0) is 23.1 Å². The van der Waals surface area contributed by atoms with Crippen molar-refractivity contribution in [2.24, 2.45) is 7.05 Å². The number of ether oxygens (including phenoxy) is 1. The Bertz CT molecular complexity index is 599. The highest BCUT2D eigenvalue weighted by molar-refractivity contribution is 5.78. The number of carbonyl (C=O) groups excluding carboxylic acids is 1. The molecule has 2 aliphatic rings. The van der Waals surface area contributed by atoms with Crippen LogP contribution in [0.3, 0.4) is 0 Å². The average Bonchev–Trinajstić information content (AvgIpc) is 3.03. The number of aromatic nitrogens is 3. The summed E-state index contributed by atoms with van der Waals surface area (Å²) in [5, 5.41) is 8.92. The number of amides is 1. The van der Waals surface area contributed by atoms with Gasteiger partial charge in [-0.2, -0.15) is 0 Å². The van der Waals surface area contributed by atoms with Crippen LogP contribution in [0, 0.1) is 0 Å². The zero-order chi connectivity index (χ0) is 18.5. The zero-order valence-corrected chi connectivity index (χ0v) is 16.4. The fourth-order valence-corrected chi connectivity index (χ4v) is 3.68. The molecule has 8 nitrogen and oxygen atoms in total. The third-order valence-corrected chi connectivity index (χ3v) is 5.55. The van der Waals surface area contributed by atoms with E-state index in [1.807, 2.05) is 11.9 Å². The van der Waals surface area contributed by atoms with Crippen LogP contribution in [0.4, 0.5) is 0 Å². The van der Waals surface area contributed by atoms with E-state index in [0.717, 1.165) is 77.0 Å². The molecule has 0 spiro atoms. The second-order valence-corrected chi connectivity index (χ2v) is 7.43. The second kappa shape index (κ2) is 8.92. The predicted molar refractivity (Wildman–Crippen MR) is 98.8 cm³/mol. The molecule has 1 aromatic rings. The van der Waals surface area contributed by atoms with Gasteiger partial charge in [0.1, 0.15) is 11.6 Å². The number of morpholine rings is 1. The van der Waals surface area contributed by atoms with E-state index in [0.29, 0.717) is 6.54 Å². The molecule has 0 unspecified atom stereocenters. The lowest BCUT2D eigenvalue weighted by Crippen LogP contribution is -2.44. The number of carbonyl (C=O) groups is 1. The number of nitrogens with zero attached hydrogens (tertiary/aromatic N) is 6. The molecule has 0 bridgehead atoms. The lowest BCUT2D eigenvalue weighted by atomic mass is 9.97. The first-order valence-electron chi connectivity index (χ1n) is 9.73. The van der Waals surface area contributed by atoms with Crippen LogP contribution in [0.25, 0.3) is 0 Å². The molecule has 1 amide bonds. The number of rotatable bonds is 6. The molecule has 0 aromatic carbocycles. The van der Waals surface area contributed by atoms with E-state index in [-0.39, 0.29) is 11.8 Å². The number of likely N-dealkylation sites (tertiary alicyclic amines) is 1. The Morgan fingerprint density at radius 3 is 2.77 bits per heavy atom. The third kappa shape index (κ3) is 4.61. The number of piperidine rings is 1. The van der Waals surface area contributed by atoms with E-state index in [1.165, 1.54) is 0 Å². The largest absolute Gasteiger partial charge is 0.379 e. The van der Waals surface area contributed by atoms with Crippen molar-refractivity contribution in [3.8, 4) is 0 Å². The summed E-state index contributed by atoms with van der Waals surface area (Å²) in [5.74, 6) is 2.50. The van der Waals surface area contributed by atoms with Crippen LogP contribution < -0.4 is 0 Å². The highest BCUT2D eigenvalue weighted by Gasteiger charge is 2.29. The molecule has 0 aliphatic carbocycles. The first kappa shape index (κ1) is 19.3. The van der Waals surface area contributed by atoms with Gasteiger partial charge in [-0.05, 0) is 26.4 Å². The van der Waals surface area contributed by atoms with E-state index < -0.39 is 0 Å². The van der Waals surface area contributed by atoms with Gasteiger partial charge in [0.25, 0.3) is 0 Å². The highest BCUT2D eigenvalue weighted by atomic mass is 16.5. The van der Waals surface area contributed by atoms with Crippen molar-refractivity contribution < 1.29 is 9.53 Å². The minimum atomic E-state index is 0.217. The summed E-state index contributed by atoms with van der Waals surface area (Å²) >= 11 is 0. The minimum Gasteiger partial charge on any atom is -0.379 e. The SMILES string of the molecule is CCN(C)CC(=O)N1CCC[C@@H](c2nnc(CN3CCOCC3)n2C)C1. The average molecular weight is 364 g/mol. The van der Waals surface area contributed by atoms with Crippen LogP contribution in [-0.4, -0.2) is 94.9 Å². The van der Waals surface area contributed by atoms with Gasteiger partial charge in [0.2, 0.25) is 5.91 Å². The molecule has 1 aromatic heterocycles. The van der Waals surface area contributed by atoms with Crippen molar-refractivity contribution in [2.45, 2.75) is 32.2 Å². The van der Waals surface area contributed by atoms with Gasteiger partial charge in [-0.15, -0.1) is 10.2 Å². The molecular weight excluding hydrogens is 332 g/mol. The van der Waals surface area contributed by atoms with Crippen LogP contribution >= 0.6 is 0 Å². The van der Waals surface area contributed by atoms with Crippen molar-refractivity contribution in [3.05, 3.63) is 11.6 Å². The van der Waals surface area contributed by atoms with Crippen LogP contribution in [0.1, 0.15) is 37.3 Å². The van der Waals surface area contributed by atoms with Crippen molar-refractivity contribution in [2.75, 3.05) is 59.5 Å². The van der Waals surface area contributed by atoms with E-state index in [1.54, 1.807) is 0 Å². The predicted octanol–water partition coefficient (Wildman–Crippen LogP) is 0.305. The molecule has 2 saturated heterocycles. The van der Waals surface area contributed by atoms with Gasteiger partial charge < -0.3 is 14.2 Å². The minimum absolute atomic E-state index is 0.217. The van der Waals surface area contributed by atoms with Gasteiger partial charge in [0.15, 0.2) is 0 Å². The molecule has 1 atom stereocenters. The van der Waals surface area contributed by atoms with E-state index in [9.17, 15) is 4.79 Å². The lowest BCUT2D eigenvalue weighted by molar-refractivity contribution is -0.133. The standard InChI is InChI=1S/C18H32N6O2/c1-4-21(2)14-17(25)24-7-5-6-15(12-24)18-20-19-16(22(18)3)13-23-8-10-26-11-9-23/h15H,4-14H2,1-3H3/t15-/m1/s1. The van der Waals surface area contributed by atoms with Crippen LogP contribution in [0.5, 0.6) is 0 Å². The van der Waals surface area contributed by atoms with Gasteiger partial charge in [-0.3, -0.25) is 14.6 Å². The van der Waals surface area contributed by atoms with E-state index >= 15 is 0 Å². The van der Waals surface area contributed by atoms with Crippen LogP contribution in [0.2, 0.25) is 0 Å². The van der Waals surface area contributed by atoms with Crippen molar-refractivity contribution in [3.63, 3.8) is 0 Å². The highest BCUT2D eigenvalue weighted by Crippen LogP contribution is 2.26. The van der Waals surface area contributed by atoms with Gasteiger partial charge in [-0.25, -0.2) is 0 Å². The molecule has 146 valence electrons. The Balaban J connectivity index is 1.62. The molecule has 26 heavy (non-hydrogen) atoms. The Labute approximate surface area is 156 Å². The quantitative estimate of drug-likeness (QED) is 0.724. The zero-order valence-electron chi connectivity index (χ0n) is 16.4. The molecule has 0 N–H and O–H groups in total. The second-order valence-electron chi connectivity index (χ2n) is 7.43. The Morgan fingerprint density at radius 1 is 1.27 bits per heavy atom. The molecule has 3 heterocycles. The number of likely N-dealkylation sites (N-methyl/N-ethyl adjacent to an activating group) is 1. The molecule has 2 aliphatic heterocycles. The summed E-state index contributed by atoms with van der Waals surface area (Å²) in [6.07, 6.45) is 2.09. The summed E-state index contributed by atoms with van der Waals surface area (Å²) < 4.78 is 7.54. The molecule has 3 rings (SSSR count). The first-order chi connectivity index (χ1) is 12.6. The Hall–Kier alpha value is -1.51.